The van der Waals surface area contributed by atoms with Crippen molar-refractivity contribution in [3.05, 3.63) is 65.2 Å². The molecule has 4 nitrogen and oxygen atoms in total. The van der Waals surface area contributed by atoms with E-state index in [-0.39, 0.29) is 11.3 Å². The number of aryl methyl sites for hydroxylation is 1. The molecule has 4 heteroatoms. The second-order valence-electron chi connectivity index (χ2n) is 7.65. The third-order valence-electron chi connectivity index (χ3n) is 5.76. The van der Waals surface area contributed by atoms with Crippen molar-refractivity contribution >= 4 is 17.7 Å². The molecule has 2 aromatic rings. The highest BCUT2D eigenvalue weighted by atomic mass is 16.5. The SMILES string of the molecule is COc1ccc(C=C[C@]23NC(=O)CN2c2ccc(C)cc2C3(C)C)cc1. The second kappa shape index (κ2) is 5.63. The molecule has 1 saturated heterocycles. The van der Waals surface area contributed by atoms with Gasteiger partial charge in [0, 0.05) is 11.1 Å². The van der Waals surface area contributed by atoms with Crippen molar-refractivity contribution in [1.82, 2.24) is 5.32 Å². The smallest absolute Gasteiger partial charge is 0.241 e. The summed E-state index contributed by atoms with van der Waals surface area (Å²) in [4.78, 5) is 14.5. The Morgan fingerprint density at radius 3 is 2.58 bits per heavy atom. The number of hydrogen-bond donors (Lipinski definition) is 1. The monoisotopic (exact) mass is 348 g/mol. The number of carbonyl (C=O) groups is 1. The molecule has 2 aliphatic heterocycles. The van der Waals surface area contributed by atoms with E-state index >= 15 is 0 Å². The number of nitrogens with zero attached hydrogens (tertiary/aromatic N) is 1. The quantitative estimate of drug-likeness (QED) is 0.921. The summed E-state index contributed by atoms with van der Waals surface area (Å²) in [7, 11) is 1.66. The zero-order chi connectivity index (χ0) is 18.5. The number of ether oxygens (including phenoxy) is 1. The molecule has 26 heavy (non-hydrogen) atoms. The molecule has 0 saturated carbocycles. The zero-order valence-corrected chi connectivity index (χ0v) is 15.7. The molecule has 0 unspecified atom stereocenters. The number of hydrogen-bond acceptors (Lipinski definition) is 3. The number of fused-ring (bicyclic) bond motifs is 3. The summed E-state index contributed by atoms with van der Waals surface area (Å²) in [6.45, 7) is 6.90. The molecule has 0 radical (unpaired) electrons. The van der Waals surface area contributed by atoms with E-state index in [0.29, 0.717) is 6.54 Å². The van der Waals surface area contributed by atoms with Gasteiger partial charge in [0.05, 0.1) is 13.7 Å². The van der Waals surface area contributed by atoms with E-state index in [0.717, 1.165) is 17.0 Å². The van der Waals surface area contributed by atoms with Crippen molar-refractivity contribution in [2.75, 3.05) is 18.6 Å². The van der Waals surface area contributed by atoms with E-state index in [1.807, 2.05) is 24.3 Å². The Morgan fingerprint density at radius 2 is 1.88 bits per heavy atom. The molecular weight excluding hydrogens is 324 g/mol. The van der Waals surface area contributed by atoms with Gasteiger partial charge in [0.25, 0.3) is 0 Å². The Bertz CT molecular complexity index is 899. The van der Waals surface area contributed by atoms with Crippen LogP contribution < -0.4 is 15.0 Å². The first kappa shape index (κ1) is 16.7. The van der Waals surface area contributed by atoms with E-state index in [1.165, 1.54) is 11.1 Å². The number of anilines is 1. The molecule has 0 aromatic heterocycles. The van der Waals surface area contributed by atoms with Gasteiger partial charge in [0.15, 0.2) is 0 Å². The van der Waals surface area contributed by atoms with E-state index in [2.05, 4.69) is 61.3 Å². The van der Waals surface area contributed by atoms with Crippen LogP contribution in [0, 0.1) is 6.92 Å². The Balaban J connectivity index is 1.79. The summed E-state index contributed by atoms with van der Waals surface area (Å²) >= 11 is 0. The topological polar surface area (TPSA) is 41.6 Å². The van der Waals surface area contributed by atoms with Crippen molar-refractivity contribution < 1.29 is 9.53 Å². The van der Waals surface area contributed by atoms with Gasteiger partial charge in [-0.3, -0.25) is 4.79 Å². The van der Waals surface area contributed by atoms with Crippen molar-refractivity contribution in [3.63, 3.8) is 0 Å². The lowest BCUT2D eigenvalue weighted by Gasteiger charge is -2.40. The van der Waals surface area contributed by atoms with Gasteiger partial charge >= 0.3 is 0 Å². The average Bonchev–Trinajstić information content (AvgIpc) is 3.05. The van der Waals surface area contributed by atoms with Crippen LogP contribution in [0.4, 0.5) is 5.69 Å². The van der Waals surface area contributed by atoms with Crippen molar-refractivity contribution in [2.45, 2.75) is 31.8 Å². The van der Waals surface area contributed by atoms with Gasteiger partial charge in [-0.05, 0) is 42.3 Å². The molecule has 2 aliphatic rings. The van der Waals surface area contributed by atoms with Crippen LogP contribution in [0.25, 0.3) is 6.08 Å². The summed E-state index contributed by atoms with van der Waals surface area (Å²) in [6.07, 6.45) is 4.22. The second-order valence-corrected chi connectivity index (χ2v) is 7.65. The first-order valence-electron chi connectivity index (χ1n) is 8.90. The predicted octanol–water partition coefficient (Wildman–Crippen LogP) is 3.64. The number of nitrogens with one attached hydrogen (secondary N) is 1. The third-order valence-corrected chi connectivity index (χ3v) is 5.76. The van der Waals surface area contributed by atoms with Gasteiger partial charge in [-0.25, -0.2) is 0 Å². The molecule has 2 aromatic carbocycles. The predicted molar refractivity (Wildman–Crippen MR) is 104 cm³/mol. The maximum Gasteiger partial charge on any atom is 0.241 e. The zero-order valence-electron chi connectivity index (χ0n) is 15.7. The fourth-order valence-corrected chi connectivity index (χ4v) is 4.22. The van der Waals surface area contributed by atoms with Crippen LogP contribution in [0.1, 0.15) is 30.5 Å². The minimum atomic E-state index is -0.555. The summed E-state index contributed by atoms with van der Waals surface area (Å²) in [5.41, 5.74) is 3.92. The fourth-order valence-electron chi connectivity index (χ4n) is 4.22. The fraction of sp³-hybridized carbons (Fsp3) is 0.318. The summed E-state index contributed by atoms with van der Waals surface area (Å²) < 4.78 is 5.23. The molecule has 4 rings (SSSR count). The van der Waals surface area contributed by atoms with Crippen LogP contribution >= 0.6 is 0 Å². The molecular formula is C22H24N2O2. The lowest BCUT2D eigenvalue weighted by molar-refractivity contribution is -0.118. The number of carbonyl (C=O) groups excluding carboxylic acids is 1. The Kier molecular flexibility index (Phi) is 3.62. The van der Waals surface area contributed by atoms with E-state index < -0.39 is 5.66 Å². The van der Waals surface area contributed by atoms with Gasteiger partial charge in [0.1, 0.15) is 11.4 Å². The van der Waals surface area contributed by atoms with Gasteiger partial charge in [-0.2, -0.15) is 0 Å². The molecule has 1 atom stereocenters. The van der Waals surface area contributed by atoms with Crippen molar-refractivity contribution in [3.8, 4) is 5.75 Å². The summed E-state index contributed by atoms with van der Waals surface area (Å²) in [5, 5.41) is 3.25. The summed E-state index contributed by atoms with van der Waals surface area (Å²) in [5.74, 6) is 0.892. The highest BCUT2D eigenvalue weighted by Gasteiger charge is 2.59. The molecule has 0 spiro atoms. The maximum atomic E-state index is 12.3. The first-order chi connectivity index (χ1) is 12.4. The molecule has 2 heterocycles. The van der Waals surface area contributed by atoms with E-state index in [9.17, 15) is 4.79 Å². The lowest BCUT2D eigenvalue weighted by atomic mass is 9.75. The maximum absolute atomic E-state index is 12.3. The number of benzene rings is 2. The van der Waals surface area contributed by atoms with Gasteiger partial charge in [0.2, 0.25) is 5.91 Å². The van der Waals surface area contributed by atoms with Crippen LogP contribution in [0.15, 0.2) is 48.5 Å². The lowest BCUT2D eigenvalue weighted by Crippen LogP contribution is -2.58. The largest absolute Gasteiger partial charge is 0.497 e. The minimum Gasteiger partial charge on any atom is -0.497 e. The molecule has 1 amide bonds. The first-order valence-corrected chi connectivity index (χ1v) is 8.90. The molecule has 1 N–H and O–H groups in total. The van der Waals surface area contributed by atoms with Gasteiger partial charge < -0.3 is 15.0 Å². The molecule has 0 bridgehead atoms. The van der Waals surface area contributed by atoms with Gasteiger partial charge in [-0.15, -0.1) is 0 Å². The normalized spacial score (nSPS) is 23.1. The number of rotatable bonds is 3. The molecule has 134 valence electrons. The third kappa shape index (κ3) is 2.25. The number of methoxy groups -OCH3 is 1. The van der Waals surface area contributed by atoms with Crippen LogP contribution in [-0.4, -0.2) is 25.2 Å². The average molecular weight is 348 g/mol. The van der Waals surface area contributed by atoms with Crippen LogP contribution in [0.5, 0.6) is 5.75 Å². The van der Waals surface area contributed by atoms with E-state index in [4.69, 9.17) is 4.74 Å². The number of amides is 1. The highest BCUT2D eigenvalue weighted by Crippen LogP contribution is 2.53. The Hall–Kier alpha value is -2.75. The highest BCUT2D eigenvalue weighted by molar-refractivity contribution is 5.91. The van der Waals surface area contributed by atoms with Crippen LogP contribution in [-0.2, 0) is 10.2 Å². The standard InChI is InChI=1S/C22H24N2O2/c1-15-5-10-19-18(13-15)21(2,3)22(23-20(25)14-24(19)22)12-11-16-6-8-17(26-4)9-7-16/h5-13H,14H2,1-4H3,(H,23,25)/t22-/m0/s1. The Morgan fingerprint density at radius 1 is 1.15 bits per heavy atom. The van der Waals surface area contributed by atoms with E-state index in [1.54, 1.807) is 7.11 Å². The Labute approximate surface area is 154 Å². The van der Waals surface area contributed by atoms with Crippen LogP contribution in [0.2, 0.25) is 0 Å². The molecule has 1 fully saturated rings. The minimum absolute atomic E-state index is 0.0590. The van der Waals surface area contributed by atoms with Crippen molar-refractivity contribution in [2.24, 2.45) is 0 Å². The van der Waals surface area contributed by atoms with Crippen LogP contribution in [0.3, 0.4) is 0 Å². The summed E-state index contributed by atoms with van der Waals surface area (Å²) in [6, 6.07) is 14.4. The van der Waals surface area contributed by atoms with Crippen molar-refractivity contribution in [1.29, 1.82) is 0 Å². The molecule has 0 aliphatic carbocycles. The van der Waals surface area contributed by atoms with Gasteiger partial charge in [-0.1, -0.05) is 49.8 Å².